The minimum atomic E-state index is -0.933. The molecule has 0 bridgehead atoms. The maximum Gasteiger partial charge on any atom is 0.146 e. The topological polar surface area (TPSA) is 86.0 Å². The van der Waals surface area contributed by atoms with Gasteiger partial charge in [0.25, 0.3) is 0 Å². The van der Waals surface area contributed by atoms with E-state index in [2.05, 4.69) is 15.0 Å². The highest BCUT2D eigenvalue weighted by Gasteiger charge is 2.21. The second-order valence-corrected chi connectivity index (χ2v) is 8.91. The van der Waals surface area contributed by atoms with Crippen LogP contribution in [0.3, 0.4) is 0 Å². The van der Waals surface area contributed by atoms with Gasteiger partial charge in [-0.3, -0.25) is 4.98 Å². The predicted octanol–water partition coefficient (Wildman–Crippen LogP) is 5.11. The van der Waals surface area contributed by atoms with Crippen molar-refractivity contribution in [2.45, 2.75) is 19.6 Å². The summed E-state index contributed by atoms with van der Waals surface area (Å²) in [6.07, 6.45) is 7.55. The third kappa shape index (κ3) is 4.08. The van der Waals surface area contributed by atoms with Gasteiger partial charge in [-0.2, -0.15) is 0 Å². The quantitative estimate of drug-likeness (QED) is 0.366. The molecule has 4 heterocycles. The first-order valence-electron chi connectivity index (χ1n) is 10.2. The van der Waals surface area contributed by atoms with E-state index < -0.39 is 6.10 Å². The Morgan fingerprint density at radius 1 is 1.21 bits per heavy atom. The Hall–Kier alpha value is -3.33. The fraction of sp³-hybridized carbons (Fsp3) is 0.167. The van der Waals surface area contributed by atoms with Crippen LogP contribution in [0, 0.1) is 6.92 Å². The van der Waals surface area contributed by atoms with E-state index >= 15 is 0 Å². The minimum absolute atomic E-state index is 0.144. The number of aryl methyl sites for hydroxylation is 2. The second kappa shape index (κ2) is 8.90. The lowest BCUT2D eigenvalue weighted by atomic mass is 10.1. The van der Waals surface area contributed by atoms with Gasteiger partial charge in [0.1, 0.15) is 34.8 Å². The fourth-order valence-corrected chi connectivity index (χ4v) is 4.65. The molecule has 0 aliphatic carbocycles. The van der Waals surface area contributed by atoms with E-state index in [1.54, 1.807) is 24.8 Å². The molecule has 0 spiro atoms. The number of imidazole rings is 1. The van der Waals surface area contributed by atoms with Crippen molar-refractivity contribution < 1.29 is 9.84 Å². The van der Waals surface area contributed by atoms with Crippen LogP contribution in [0.4, 0.5) is 0 Å². The van der Waals surface area contributed by atoms with Crippen LogP contribution in [-0.2, 0) is 13.7 Å². The minimum Gasteiger partial charge on any atom is -0.487 e. The lowest BCUT2D eigenvalue weighted by molar-refractivity contribution is 0.214. The van der Waals surface area contributed by atoms with Gasteiger partial charge in [-0.15, -0.1) is 11.3 Å². The first-order valence-corrected chi connectivity index (χ1v) is 11.5. The molecular formula is C24H20ClN5O2S. The van der Waals surface area contributed by atoms with Gasteiger partial charge >= 0.3 is 0 Å². The molecule has 166 valence electrons. The van der Waals surface area contributed by atoms with Gasteiger partial charge in [-0.1, -0.05) is 23.7 Å². The van der Waals surface area contributed by atoms with Crippen LogP contribution in [-0.4, -0.2) is 29.6 Å². The summed E-state index contributed by atoms with van der Waals surface area (Å²) in [5.41, 5.74) is 3.80. The van der Waals surface area contributed by atoms with Crippen LogP contribution in [0.2, 0.25) is 5.02 Å². The Balaban J connectivity index is 1.53. The summed E-state index contributed by atoms with van der Waals surface area (Å²) >= 11 is 7.83. The summed E-state index contributed by atoms with van der Waals surface area (Å²) in [5.74, 6) is 1.47. The van der Waals surface area contributed by atoms with Crippen LogP contribution in [0.25, 0.3) is 22.3 Å². The largest absolute Gasteiger partial charge is 0.487 e. The molecule has 0 aliphatic rings. The van der Waals surface area contributed by atoms with Gasteiger partial charge in [0.15, 0.2) is 0 Å². The van der Waals surface area contributed by atoms with Gasteiger partial charge in [-0.25, -0.2) is 15.0 Å². The molecule has 0 amide bonds. The highest BCUT2D eigenvalue weighted by atomic mass is 35.5. The zero-order chi connectivity index (χ0) is 22.9. The summed E-state index contributed by atoms with van der Waals surface area (Å²) in [6.45, 7) is 2.09. The number of hydrogen-bond acceptors (Lipinski definition) is 7. The van der Waals surface area contributed by atoms with Crippen molar-refractivity contribution in [3.63, 3.8) is 0 Å². The molecule has 0 fully saturated rings. The lowest BCUT2D eigenvalue weighted by Gasteiger charge is -2.17. The number of thiazole rings is 1. The number of ether oxygens (including phenoxy) is 1. The van der Waals surface area contributed by atoms with E-state index in [0.29, 0.717) is 26.9 Å². The number of nitrogens with zero attached hydrogens (tertiary/aromatic N) is 5. The Labute approximate surface area is 199 Å². The number of aliphatic hydroxyl groups is 1. The van der Waals surface area contributed by atoms with E-state index in [1.807, 2.05) is 54.4 Å². The number of benzene rings is 1. The number of aliphatic hydroxyl groups excluding tert-OH is 1. The number of para-hydroxylation sites is 1. The van der Waals surface area contributed by atoms with Crippen molar-refractivity contribution in [1.29, 1.82) is 0 Å². The zero-order valence-electron chi connectivity index (χ0n) is 17.9. The van der Waals surface area contributed by atoms with Crippen molar-refractivity contribution in [3.8, 4) is 17.1 Å². The number of halogens is 1. The third-order valence-corrected chi connectivity index (χ3v) is 6.54. The zero-order valence-corrected chi connectivity index (χ0v) is 19.5. The number of aromatic nitrogens is 5. The molecule has 1 unspecified atom stereocenters. The van der Waals surface area contributed by atoms with Crippen LogP contribution in [0.5, 0.6) is 5.75 Å². The Bertz CT molecular complexity index is 1430. The van der Waals surface area contributed by atoms with Crippen LogP contribution >= 0.6 is 22.9 Å². The summed E-state index contributed by atoms with van der Waals surface area (Å²) in [4.78, 5) is 17.6. The van der Waals surface area contributed by atoms with Crippen molar-refractivity contribution in [2.75, 3.05) is 0 Å². The molecule has 4 aromatic heterocycles. The van der Waals surface area contributed by atoms with Crippen LogP contribution in [0.1, 0.15) is 27.9 Å². The molecule has 1 aromatic carbocycles. The summed E-state index contributed by atoms with van der Waals surface area (Å²) < 4.78 is 8.20. The molecule has 5 rings (SSSR count). The highest BCUT2D eigenvalue weighted by Crippen LogP contribution is 2.34. The second-order valence-electron chi connectivity index (χ2n) is 7.58. The molecule has 9 heteroatoms. The molecule has 1 atom stereocenters. The van der Waals surface area contributed by atoms with E-state index in [1.165, 1.54) is 11.3 Å². The maximum atomic E-state index is 10.8. The van der Waals surface area contributed by atoms with Crippen LogP contribution < -0.4 is 4.74 Å². The maximum absolute atomic E-state index is 10.8. The van der Waals surface area contributed by atoms with Gasteiger partial charge in [0.2, 0.25) is 0 Å². The van der Waals surface area contributed by atoms with Crippen molar-refractivity contribution in [3.05, 3.63) is 87.5 Å². The fourth-order valence-electron chi connectivity index (χ4n) is 3.79. The van der Waals surface area contributed by atoms with Crippen molar-refractivity contribution >= 4 is 33.8 Å². The molecule has 0 saturated heterocycles. The Kier molecular flexibility index (Phi) is 5.80. The van der Waals surface area contributed by atoms with Crippen molar-refractivity contribution in [1.82, 2.24) is 24.5 Å². The number of fused-ring (bicyclic) bond motifs is 1. The standard InChI is InChI=1S/C24H20ClN5O2S/c1-14-10-16(23-27-6-8-30(23)2)15-4-3-5-20(21(15)29-14)32-13-18-17(11-26-12-19(18)25)22(31)24-28-7-9-33-24/h3-12,22,31H,13H2,1-2H3. The summed E-state index contributed by atoms with van der Waals surface area (Å²) in [5, 5.41) is 14.6. The van der Waals surface area contributed by atoms with Gasteiger partial charge in [-0.05, 0) is 19.1 Å². The highest BCUT2D eigenvalue weighted by molar-refractivity contribution is 7.09. The first kappa shape index (κ1) is 21.5. The summed E-state index contributed by atoms with van der Waals surface area (Å²) in [6, 6.07) is 7.84. The van der Waals surface area contributed by atoms with Gasteiger partial charge in [0, 0.05) is 71.2 Å². The van der Waals surface area contributed by atoms with Crippen LogP contribution in [0.15, 0.2) is 60.6 Å². The Morgan fingerprint density at radius 3 is 2.85 bits per heavy atom. The molecule has 33 heavy (non-hydrogen) atoms. The predicted molar refractivity (Wildman–Crippen MR) is 128 cm³/mol. The van der Waals surface area contributed by atoms with Gasteiger partial charge < -0.3 is 14.4 Å². The SMILES string of the molecule is Cc1cc(-c2nccn2C)c2cccc(OCc3c(Cl)cncc3C(O)c3nccs3)c2n1. The average molecular weight is 478 g/mol. The number of rotatable bonds is 6. The smallest absolute Gasteiger partial charge is 0.146 e. The summed E-state index contributed by atoms with van der Waals surface area (Å²) in [7, 11) is 1.96. The molecule has 7 nitrogen and oxygen atoms in total. The molecular weight excluding hydrogens is 458 g/mol. The van der Waals surface area contributed by atoms with Crippen molar-refractivity contribution in [2.24, 2.45) is 7.05 Å². The van der Waals surface area contributed by atoms with E-state index in [0.717, 1.165) is 28.0 Å². The number of pyridine rings is 2. The van der Waals surface area contributed by atoms with Gasteiger partial charge in [0.05, 0.1) is 5.02 Å². The average Bonchev–Trinajstić information content (AvgIpc) is 3.49. The molecule has 5 aromatic rings. The molecule has 0 aliphatic heterocycles. The third-order valence-electron chi connectivity index (χ3n) is 5.38. The molecule has 0 saturated carbocycles. The molecule has 0 radical (unpaired) electrons. The number of hydrogen-bond donors (Lipinski definition) is 1. The van der Waals surface area contributed by atoms with E-state index in [4.69, 9.17) is 21.3 Å². The lowest BCUT2D eigenvalue weighted by Crippen LogP contribution is -2.08. The van der Waals surface area contributed by atoms with E-state index in [9.17, 15) is 5.11 Å². The monoisotopic (exact) mass is 477 g/mol. The van der Waals surface area contributed by atoms with E-state index in [-0.39, 0.29) is 6.61 Å². The molecule has 1 N–H and O–H groups in total. The normalized spacial score (nSPS) is 12.2. The Morgan fingerprint density at radius 2 is 2.09 bits per heavy atom. The first-order chi connectivity index (χ1) is 16.0.